The highest BCUT2D eigenvalue weighted by atomic mass is 35.5. The summed E-state index contributed by atoms with van der Waals surface area (Å²) in [5.74, 6) is 0.484. The van der Waals surface area contributed by atoms with E-state index >= 15 is 0 Å². The molecule has 1 aliphatic rings. The summed E-state index contributed by atoms with van der Waals surface area (Å²) in [6, 6.07) is 14.8. The van der Waals surface area contributed by atoms with Crippen LogP contribution in [0.3, 0.4) is 0 Å². The van der Waals surface area contributed by atoms with Crippen LogP contribution in [0, 0.1) is 0 Å². The van der Waals surface area contributed by atoms with E-state index < -0.39 is 5.91 Å². The van der Waals surface area contributed by atoms with Crippen molar-refractivity contribution >= 4 is 18.3 Å². The summed E-state index contributed by atoms with van der Waals surface area (Å²) in [6.45, 7) is 0.783. The quantitative estimate of drug-likeness (QED) is 0.661. The fourth-order valence-corrected chi connectivity index (χ4v) is 3.76. The molecule has 5 nitrogen and oxygen atoms in total. The molecule has 2 aromatic rings. The number of benzene rings is 2. The van der Waals surface area contributed by atoms with Crippen molar-refractivity contribution < 1.29 is 9.53 Å². The van der Waals surface area contributed by atoms with Crippen LogP contribution in [-0.4, -0.2) is 32.1 Å². The smallest absolute Gasteiger partial charge is 0.248 e. The molecule has 1 aliphatic carbocycles. The lowest BCUT2D eigenvalue weighted by molar-refractivity contribution is 0.100. The Balaban J connectivity index is 0.00000280. The minimum Gasteiger partial charge on any atom is -0.496 e. The average molecular weight is 404 g/mol. The second-order valence-electron chi connectivity index (χ2n) is 7.19. The molecular weight excluding hydrogens is 374 g/mol. The van der Waals surface area contributed by atoms with Gasteiger partial charge in [0.25, 0.3) is 0 Å². The number of nitrogens with two attached hydrogens (primary N) is 1. The number of hydrogen-bond acceptors (Lipinski definition) is 4. The monoisotopic (exact) mass is 403 g/mol. The maximum absolute atomic E-state index is 11.3. The average Bonchev–Trinajstić information content (AvgIpc) is 2.72. The molecule has 0 bridgehead atoms. The van der Waals surface area contributed by atoms with Crippen LogP contribution in [0.1, 0.15) is 41.6 Å². The Kier molecular flexibility index (Phi) is 8.30. The van der Waals surface area contributed by atoms with Gasteiger partial charge in [-0.3, -0.25) is 4.79 Å². The van der Waals surface area contributed by atoms with Crippen LogP contribution in [0.2, 0.25) is 0 Å². The van der Waals surface area contributed by atoms with E-state index in [0.29, 0.717) is 17.6 Å². The van der Waals surface area contributed by atoms with Crippen LogP contribution in [0.25, 0.3) is 11.1 Å². The molecule has 0 spiro atoms. The van der Waals surface area contributed by atoms with Gasteiger partial charge in [-0.05, 0) is 68.1 Å². The molecule has 0 aromatic heterocycles. The van der Waals surface area contributed by atoms with Crippen LogP contribution in [-0.2, 0) is 6.54 Å². The summed E-state index contributed by atoms with van der Waals surface area (Å²) in [7, 11) is 3.75. The van der Waals surface area contributed by atoms with Gasteiger partial charge in [0.1, 0.15) is 5.75 Å². The molecule has 0 heterocycles. The fraction of sp³-hybridized carbons (Fsp3) is 0.409. The molecule has 3 rings (SSSR count). The van der Waals surface area contributed by atoms with Gasteiger partial charge in [-0.2, -0.15) is 0 Å². The second kappa shape index (κ2) is 10.5. The summed E-state index contributed by atoms with van der Waals surface area (Å²) < 4.78 is 5.55. The number of methoxy groups -OCH3 is 1. The Morgan fingerprint density at radius 2 is 1.64 bits per heavy atom. The maximum Gasteiger partial charge on any atom is 0.248 e. The van der Waals surface area contributed by atoms with Crippen molar-refractivity contribution in [1.29, 1.82) is 0 Å². The zero-order valence-corrected chi connectivity index (χ0v) is 17.4. The number of rotatable bonds is 7. The van der Waals surface area contributed by atoms with E-state index in [9.17, 15) is 4.79 Å². The highest BCUT2D eigenvalue weighted by Crippen LogP contribution is 2.28. The Morgan fingerprint density at radius 1 is 1.04 bits per heavy atom. The first kappa shape index (κ1) is 22.2. The third-order valence-corrected chi connectivity index (χ3v) is 5.50. The lowest BCUT2D eigenvalue weighted by atomic mass is 9.91. The van der Waals surface area contributed by atoms with Crippen molar-refractivity contribution in [3.8, 4) is 16.9 Å². The first-order valence-corrected chi connectivity index (χ1v) is 9.58. The molecular formula is C22H30ClN3O2. The van der Waals surface area contributed by atoms with Crippen molar-refractivity contribution in [1.82, 2.24) is 10.6 Å². The minimum atomic E-state index is -0.408. The molecule has 0 saturated heterocycles. The standard InChI is InChI=1S/C22H29N3O2.ClH/c1-24-19-8-10-20(11-9-19)25-14-18-13-17(7-12-21(18)27-2)15-3-5-16(6-4-15)22(23)26;/h3-7,12-13,19-20,24-25H,8-11,14H2,1-2H3,(H2,23,26);1H. The molecule has 1 fully saturated rings. The molecule has 6 heteroatoms. The number of hydrogen-bond donors (Lipinski definition) is 3. The zero-order chi connectivity index (χ0) is 19.2. The van der Waals surface area contributed by atoms with E-state index in [1.54, 1.807) is 19.2 Å². The Hall–Kier alpha value is -2.08. The Morgan fingerprint density at radius 3 is 2.21 bits per heavy atom. The van der Waals surface area contributed by atoms with Gasteiger partial charge in [-0.1, -0.05) is 18.2 Å². The summed E-state index contributed by atoms with van der Waals surface area (Å²) in [5.41, 5.74) is 9.14. The minimum absolute atomic E-state index is 0. The summed E-state index contributed by atoms with van der Waals surface area (Å²) in [4.78, 5) is 11.3. The molecule has 1 saturated carbocycles. The van der Waals surface area contributed by atoms with Crippen molar-refractivity contribution in [2.45, 2.75) is 44.3 Å². The predicted molar refractivity (Wildman–Crippen MR) is 116 cm³/mol. The van der Waals surface area contributed by atoms with E-state index in [1.807, 2.05) is 31.3 Å². The molecule has 1 amide bonds. The largest absolute Gasteiger partial charge is 0.496 e. The normalized spacial score (nSPS) is 18.9. The zero-order valence-electron chi connectivity index (χ0n) is 16.5. The van der Waals surface area contributed by atoms with E-state index in [0.717, 1.165) is 29.0 Å². The fourth-order valence-electron chi connectivity index (χ4n) is 3.76. The van der Waals surface area contributed by atoms with Gasteiger partial charge in [0, 0.05) is 29.8 Å². The predicted octanol–water partition coefficient (Wildman–Crippen LogP) is 3.50. The molecule has 28 heavy (non-hydrogen) atoms. The topological polar surface area (TPSA) is 76.4 Å². The maximum atomic E-state index is 11.3. The number of nitrogens with one attached hydrogen (secondary N) is 2. The van der Waals surface area contributed by atoms with Crippen LogP contribution < -0.4 is 21.1 Å². The molecule has 0 radical (unpaired) electrons. The summed E-state index contributed by atoms with van der Waals surface area (Å²) >= 11 is 0. The first-order chi connectivity index (χ1) is 13.1. The van der Waals surface area contributed by atoms with Gasteiger partial charge in [-0.15, -0.1) is 12.4 Å². The van der Waals surface area contributed by atoms with Crippen LogP contribution >= 0.6 is 12.4 Å². The van der Waals surface area contributed by atoms with E-state index in [-0.39, 0.29) is 12.4 Å². The number of ether oxygens (including phenoxy) is 1. The highest BCUT2D eigenvalue weighted by molar-refractivity contribution is 5.93. The van der Waals surface area contributed by atoms with Gasteiger partial charge in [0.15, 0.2) is 0 Å². The molecule has 152 valence electrons. The van der Waals surface area contributed by atoms with Crippen molar-refractivity contribution in [3.63, 3.8) is 0 Å². The third kappa shape index (κ3) is 5.47. The van der Waals surface area contributed by atoms with Gasteiger partial charge in [-0.25, -0.2) is 0 Å². The van der Waals surface area contributed by atoms with Crippen molar-refractivity contribution in [2.24, 2.45) is 5.73 Å². The molecule has 0 atom stereocenters. The van der Waals surface area contributed by atoms with Crippen LogP contribution in [0.15, 0.2) is 42.5 Å². The van der Waals surface area contributed by atoms with Crippen molar-refractivity contribution in [2.75, 3.05) is 14.2 Å². The van der Waals surface area contributed by atoms with Crippen LogP contribution in [0.4, 0.5) is 0 Å². The Labute approximate surface area is 173 Å². The number of carbonyl (C=O) groups excluding carboxylic acids is 1. The van der Waals surface area contributed by atoms with Crippen LogP contribution in [0.5, 0.6) is 5.75 Å². The molecule has 2 aromatic carbocycles. The van der Waals surface area contributed by atoms with Gasteiger partial charge >= 0.3 is 0 Å². The number of amides is 1. The van der Waals surface area contributed by atoms with E-state index in [1.165, 1.54) is 25.7 Å². The highest BCUT2D eigenvalue weighted by Gasteiger charge is 2.19. The van der Waals surface area contributed by atoms with Gasteiger partial charge in [0.2, 0.25) is 5.91 Å². The second-order valence-corrected chi connectivity index (χ2v) is 7.19. The lowest BCUT2D eigenvalue weighted by Gasteiger charge is -2.29. The van der Waals surface area contributed by atoms with E-state index in [4.69, 9.17) is 10.5 Å². The lowest BCUT2D eigenvalue weighted by Crippen LogP contribution is -2.38. The number of halogens is 1. The molecule has 4 N–H and O–H groups in total. The summed E-state index contributed by atoms with van der Waals surface area (Å²) in [5, 5.41) is 7.07. The van der Waals surface area contributed by atoms with Crippen molar-refractivity contribution in [3.05, 3.63) is 53.6 Å². The third-order valence-electron chi connectivity index (χ3n) is 5.50. The van der Waals surface area contributed by atoms with Gasteiger partial charge < -0.3 is 21.1 Å². The number of carbonyl (C=O) groups is 1. The Bertz CT molecular complexity index is 772. The SMILES string of the molecule is CNC1CCC(NCc2cc(-c3ccc(C(N)=O)cc3)ccc2OC)CC1.Cl. The van der Waals surface area contributed by atoms with E-state index in [2.05, 4.69) is 16.7 Å². The molecule has 0 unspecified atom stereocenters. The first-order valence-electron chi connectivity index (χ1n) is 9.58. The molecule has 0 aliphatic heterocycles. The number of primary amides is 1. The van der Waals surface area contributed by atoms with Gasteiger partial charge in [0.05, 0.1) is 7.11 Å². The summed E-state index contributed by atoms with van der Waals surface area (Å²) in [6.07, 6.45) is 4.83.